The molecule has 35 heavy (non-hydrogen) atoms. The summed E-state index contributed by atoms with van der Waals surface area (Å²) in [5.41, 5.74) is 1.28. The molecule has 0 amide bonds. The van der Waals surface area contributed by atoms with E-state index in [1.165, 1.54) is 16.7 Å². The standard InChI is InChI=1S/C28H25F3N2O2/c1-35-22-12-10-20(11-13-22)16-33-25(14-21-8-5-9-24(29)26(21)27(33)34)23-17-32(18-28(23,30)31)15-19-6-3-2-4-7-19/h2-14,23H,15-18H2,1H3. The molecule has 1 fully saturated rings. The van der Waals surface area contributed by atoms with Crippen molar-refractivity contribution in [2.24, 2.45) is 0 Å². The summed E-state index contributed by atoms with van der Waals surface area (Å²) in [6.07, 6.45) is 0. The Balaban J connectivity index is 1.58. The number of likely N-dealkylation sites (tertiary alicyclic amines) is 1. The predicted molar refractivity (Wildman–Crippen MR) is 130 cm³/mol. The van der Waals surface area contributed by atoms with Crippen LogP contribution < -0.4 is 10.3 Å². The van der Waals surface area contributed by atoms with E-state index in [-0.39, 0.29) is 24.2 Å². The zero-order chi connectivity index (χ0) is 24.6. The second kappa shape index (κ2) is 9.23. The first-order valence-corrected chi connectivity index (χ1v) is 11.4. The summed E-state index contributed by atoms with van der Waals surface area (Å²) in [4.78, 5) is 15.2. The van der Waals surface area contributed by atoms with Gasteiger partial charge < -0.3 is 9.30 Å². The van der Waals surface area contributed by atoms with Gasteiger partial charge in [0.2, 0.25) is 0 Å². The maximum atomic E-state index is 15.4. The Bertz CT molecular complexity index is 1400. The number of aromatic nitrogens is 1. The first kappa shape index (κ1) is 23.2. The highest BCUT2D eigenvalue weighted by Gasteiger charge is 2.49. The number of pyridine rings is 1. The van der Waals surface area contributed by atoms with Crippen LogP contribution in [0.3, 0.4) is 0 Å². The third-order valence-corrected chi connectivity index (χ3v) is 6.61. The fourth-order valence-corrected chi connectivity index (χ4v) is 4.88. The number of nitrogens with zero attached hydrogens (tertiary/aromatic N) is 2. The molecule has 180 valence electrons. The van der Waals surface area contributed by atoms with E-state index in [4.69, 9.17) is 4.74 Å². The van der Waals surface area contributed by atoms with Gasteiger partial charge in [-0.2, -0.15) is 0 Å². The quantitative estimate of drug-likeness (QED) is 0.371. The van der Waals surface area contributed by atoms with Crippen molar-refractivity contribution in [1.82, 2.24) is 9.47 Å². The summed E-state index contributed by atoms with van der Waals surface area (Å²) in [5.74, 6) is -4.27. The van der Waals surface area contributed by atoms with Crippen LogP contribution in [0.2, 0.25) is 0 Å². The summed E-state index contributed by atoms with van der Waals surface area (Å²) >= 11 is 0. The van der Waals surface area contributed by atoms with Gasteiger partial charge in [-0.1, -0.05) is 54.6 Å². The highest BCUT2D eigenvalue weighted by molar-refractivity contribution is 5.82. The molecule has 0 radical (unpaired) electrons. The number of rotatable bonds is 6. The molecule has 4 aromatic rings. The largest absolute Gasteiger partial charge is 0.497 e. The van der Waals surface area contributed by atoms with Crippen molar-refractivity contribution in [2.75, 3.05) is 20.2 Å². The highest BCUT2D eigenvalue weighted by atomic mass is 19.3. The third kappa shape index (κ3) is 4.56. The Labute approximate surface area is 201 Å². The van der Waals surface area contributed by atoms with Crippen LogP contribution in [0.15, 0.2) is 83.7 Å². The van der Waals surface area contributed by atoms with Crippen molar-refractivity contribution in [3.05, 3.63) is 112 Å². The van der Waals surface area contributed by atoms with Gasteiger partial charge in [-0.25, -0.2) is 13.2 Å². The third-order valence-electron chi connectivity index (χ3n) is 6.61. The lowest BCUT2D eigenvalue weighted by Gasteiger charge is -2.23. The number of fused-ring (bicyclic) bond motifs is 1. The number of hydrogen-bond donors (Lipinski definition) is 0. The van der Waals surface area contributed by atoms with Crippen LogP contribution in [0.25, 0.3) is 10.8 Å². The average Bonchev–Trinajstić information content (AvgIpc) is 3.15. The molecule has 1 aliphatic rings. The maximum Gasteiger partial charge on any atom is 0.269 e. The molecule has 1 atom stereocenters. The second-order valence-corrected chi connectivity index (χ2v) is 8.98. The van der Waals surface area contributed by atoms with Crippen molar-refractivity contribution < 1.29 is 17.9 Å². The van der Waals surface area contributed by atoms with Gasteiger partial charge >= 0.3 is 0 Å². The fraction of sp³-hybridized carbons (Fsp3) is 0.250. The van der Waals surface area contributed by atoms with Crippen molar-refractivity contribution in [3.8, 4) is 5.75 Å². The van der Waals surface area contributed by atoms with E-state index in [1.807, 2.05) is 30.3 Å². The smallest absolute Gasteiger partial charge is 0.269 e. The summed E-state index contributed by atoms with van der Waals surface area (Å²) in [7, 11) is 1.55. The van der Waals surface area contributed by atoms with Crippen LogP contribution in [0.5, 0.6) is 5.75 Å². The van der Waals surface area contributed by atoms with E-state index < -0.39 is 29.8 Å². The second-order valence-electron chi connectivity index (χ2n) is 8.98. The molecule has 0 N–H and O–H groups in total. The van der Waals surface area contributed by atoms with E-state index in [9.17, 15) is 9.18 Å². The Morgan fingerprint density at radius 2 is 1.66 bits per heavy atom. The van der Waals surface area contributed by atoms with Crippen molar-refractivity contribution in [2.45, 2.75) is 24.9 Å². The maximum absolute atomic E-state index is 15.4. The molecule has 0 aliphatic carbocycles. The minimum absolute atomic E-state index is 0.0493. The molecule has 1 aliphatic heterocycles. The van der Waals surface area contributed by atoms with Gasteiger partial charge in [0.1, 0.15) is 11.6 Å². The summed E-state index contributed by atoms with van der Waals surface area (Å²) < 4.78 is 52.0. The highest BCUT2D eigenvalue weighted by Crippen LogP contribution is 2.41. The molecule has 4 nitrogen and oxygen atoms in total. The number of alkyl halides is 2. The van der Waals surface area contributed by atoms with Crippen LogP contribution in [-0.2, 0) is 13.1 Å². The Morgan fingerprint density at radius 1 is 0.943 bits per heavy atom. The number of methoxy groups -OCH3 is 1. The van der Waals surface area contributed by atoms with E-state index >= 15 is 8.78 Å². The first-order valence-electron chi connectivity index (χ1n) is 11.4. The van der Waals surface area contributed by atoms with E-state index in [1.54, 1.807) is 48.4 Å². The Hall–Kier alpha value is -3.58. The van der Waals surface area contributed by atoms with E-state index in [0.29, 0.717) is 17.7 Å². The van der Waals surface area contributed by atoms with Gasteiger partial charge in [0.05, 0.1) is 31.5 Å². The van der Waals surface area contributed by atoms with Gasteiger partial charge in [-0.05, 0) is 40.8 Å². The van der Waals surface area contributed by atoms with Crippen molar-refractivity contribution in [3.63, 3.8) is 0 Å². The lowest BCUT2D eigenvalue weighted by atomic mass is 9.97. The summed E-state index contributed by atoms with van der Waals surface area (Å²) in [6, 6.07) is 22.3. The average molecular weight is 479 g/mol. The summed E-state index contributed by atoms with van der Waals surface area (Å²) in [6.45, 7) is 0.112. The summed E-state index contributed by atoms with van der Waals surface area (Å²) in [5, 5.41) is 0.237. The minimum atomic E-state index is -3.05. The van der Waals surface area contributed by atoms with Crippen LogP contribution >= 0.6 is 0 Å². The minimum Gasteiger partial charge on any atom is -0.497 e. The monoisotopic (exact) mass is 478 g/mol. The molecule has 2 heterocycles. The van der Waals surface area contributed by atoms with Gasteiger partial charge in [0.25, 0.3) is 11.5 Å². The van der Waals surface area contributed by atoms with Crippen molar-refractivity contribution in [1.29, 1.82) is 0 Å². The molecule has 0 spiro atoms. The van der Waals surface area contributed by atoms with Gasteiger partial charge in [-0.3, -0.25) is 9.69 Å². The zero-order valence-corrected chi connectivity index (χ0v) is 19.3. The molecule has 1 unspecified atom stereocenters. The molecule has 1 saturated heterocycles. The Morgan fingerprint density at radius 3 is 2.37 bits per heavy atom. The number of benzene rings is 3. The van der Waals surface area contributed by atoms with E-state index in [2.05, 4.69) is 0 Å². The van der Waals surface area contributed by atoms with Crippen LogP contribution in [0, 0.1) is 5.82 Å². The molecular weight excluding hydrogens is 453 g/mol. The number of hydrogen-bond acceptors (Lipinski definition) is 3. The number of ether oxygens (including phenoxy) is 1. The molecular formula is C28H25F3N2O2. The normalized spacial score (nSPS) is 17.7. The zero-order valence-electron chi connectivity index (χ0n) is 19.3. The van der Waals surface area contributed by atoms with Crippen LogP contribution in [0.4, 0.5) is 13.2 Å². The van der Waals surface area contributed by atoms with Gasteiger partial charge in [0.15, 0.2) is 0 Å². The molecule has 1 aromatic heterocycles. The SMILES string of the molecule is COc1ccc(Cn2c(C3CN(Cc4ccccc4)CC3(F)F)cc3cccc(F)c3c2=O)cc1. The topological polar surface area (TPSA) is 34.5 Å². The fourth-order valence-electron chi connectivity index (χ4n) is 4.88. The molecule has 3 aromatic carbocycles. The molecule has 5 rings (SSSR count). The van der Waals surface area contributed by atoms with Gasteiger partial charge in [-0.15, -0.1) is 0 Å². The van der Waals surface area contributed by atoms with Crippen LogP contribution in [-0.4, -0.2) is 35.6 Å². The molecule has 0 bridgehead atoms. The Kier molecular flexibility index (Phi) is 6.11. The van der Waals surface area contributed by atoms with E-state index in [0.717, 1.165) is 11.1 Å². The first-order chi connectivity index (χ1) is 16.9. The lowest BCUT2D eigenvalue weighted by molar-refractivity contribution is -0.00525. The van der Waals surface area contributed by atoms with Crippen molar-refractivity contribution >= 4 is 10.8 Å². The molecule has 7 heteroatoms. The predicted octanol–water partition coefficient (Wildman–Crippen LogP) is 5.43. The lowest BCUT2D eigenvalue weighted by Crippen LogP contribution is -2.32. The number of halogens is 3. The van der Waals surface area contributed by atoms with Gasteiger partial charge in [0, 0.05) is 18.8 Å². The molecule has 0 saturated carbocycles. The van der Waals surface area contributed by atoms with Crippen LogP contribution in [0.1, 0.15) is 22.7 Å².